The summed E-state index contributed by atoms with van der Waals surface area (Å²) in [4.78, 5) is 34.2. The summed E-state index contributed by atoms with van der Waals surface area (Å²) in [7, 11) is 0. The fourth-order valence-electron chi connectivity index (χ4n) is 1.72. The average Bonchev–Trinajstić information content (AvgIpc) is 2.57. The number of rotatable bonds is 5. The van der Waals surface area contributed by atoms with Crippen molar-refractivity contribution in [2.24, 2.45) is 0 Å². The largest absolute Gasteiger partial charge is 0.452 e. The Hall–Kier alpha value is -2.08. The number of aldehydes is 1. The highest BCUT2D eigenvalue weighted by atomic mass is 35.5. The van der Waals surface area contributed by atoms with Crippen LogP contribution >= 0.6 is 34.8 Å². The zero-order chi connectivity index (χ0) is 17.7. The normalized spacial score (nSPS) is 10.1. The lowest BCUT2D eigenvalue weighted by Gasteiger charge is -2.09. The van der Waals surface area contributed by atoms with Crippen LogP contribution < -0.4 is 5.32 Å². The fourth-order valence-corrected chi connectivity index (χ4v) is 2.31. The molecule has 0 saturated carbocycles. The van der Waals surface area contributed by atoms with Crippen molar-refractivity contribution in [1.29, 1.82) is 0 Å². The number of ether oxygens (including phenoxy) is 1. The highest BCUT2D eigenvalue weighted by Crippen LogP contribution is 2.32. The van der Waals surface area contributed by atoms with Gasteiger partial charge in [0.2, 0.25) is 0 Å². The van der Waals surface area contributed by atoms with E-state index in [0.717, 1.165) is 0 Å². The number of halogens is 3. The van der Waals surface area contributed by atoms with Crippen LogP contribution in [0.2, 0.25) is 15.1 Å². The van der Waals surface area contributed by atoms with Crippen molar-refractivity contribution >= 4 is 58.7 Å². The number of anilines is 1. The van der Waals surface area contributed by atoms with Crippen LogP contribution in [0.25, 0.3) is 0 Å². The standard InChI is InChI=1S/C16H10Cl3NO4/c17-11-5-13(19)14(6-12(11)18)20-15(22)8-24-16(23)10-3-1-9(7-21)2-4-10/h1-7H,8H2,(H,20,22). The maximum atomic E-state index is 11.8. The van der Waals surface area contributed by atoms with E-state index in [1.54, 1.807) is 0 Å². The molecule has 0 radical (unpaired) electrons. The molecule has 0 aromatic heterocycles. The number of hydrogen-bond donors (Lipinski definition) is 1. The summed E-state index contributed by atoms with van der Waals surface area (Å²) in [5.74, 6) is -1.28. The third-order valence-corrected chi connectivity index (χ3v) is 3.94. The minimum atomic E-state index is -0.692. The molecule has 124 valence electrons. The van der Waals surface area contributed by atoms with Crippen LogP contribution in [0.3, 0.4) is 0 Å². The molecular formula is C16H10Cl3NO4. The van der Waals surface area contributed by atoms with Gasteiger partial charge < -0.3 is 10.1 Å². The predicted molar refractivity (Wildman–Crippen MR) is 92.2 cm³/mol. The second kappa shape index (κ2) is 8.15. The van der Waals surface area contributed by atoms with E-state index < -0.39 is 18.5 Å². The van der Waals surface area contributed by atoms with Crippen LogP contribution in [0, 0.1) is 0 Å². The van der Waals surface area contributed by atoms with Gasteiger partial charge in [0, 0.05) is 5.56 Å². The van der Waals surface area contributed by atoms with E-state index in [4.69, 9.17) is 39.5 Å². The summed E-state index contributed by atoms with van der Waals surface area (Å²) in [5, 5.41) is 3.15. The summed E-state index contributed by atoms with van der Waals surface area (Å²) in [6.45, 7) is -0.509. The first kappa shape index (κ1) is 18.3. The van der Waals surface area contributed by atoms with Gasteiger partial charge in [-0.2, -0.15) is 0 Å². The third kappa shape index (κ3) is 4.71. The minimum Gasteiger partial charge on any atom is -0.452 e. The molecule has 2 aromatic rings. The second-order valence-electron chi connectivity index (χ2n) is 4.61. The minimum absolute atomic E-state index is 0.202. The van der Waals surface area contributed by atoms with E-state index in [1.165, 1.54) is 36.4 Å². The lowest BCUT2D eigenvalue weighted by Crippen LogP contribution is -2.21. The molecule has 0 aliphatic rings. The van der Waals surface area contributed by atoms with Gasteiger partial charge in [-0.25, -0.2) is 4.79 Å². The molecule has 0 spiro atoms. The number of hydrogen-bond acceptors (Lipinski definition) is 4. The fraction of sp³-hybridized carbons (Fsp3) is 0.0625. The summed E-state index contributed by atoms with van der Waals surface area (Å²) in [6, 6.07) is 8.59. The molecule has 5 nitrogen and oxygen atoms in total. The van der Waals surface area contributed by atoms with Gasteiger partial charge in [0.1, 0.15) is 6.29 Å². The Bertz CT molecular complexity index is 791. The molecule has 2 rings (SSSR count). The monoisotopic (exact) mass is 385 g/mol. The van der Waals surface area contributed by atoms with Crippen LogP contribution in [0.15, 0.2) is 36.4 Å². The van der Waals surface area contributed by atoms with Gasteiger partial charge in [0.25, 0.3) is 5.91 Å². The molecule has 0 aliphatic heterocycles. The lowest BCUT2D eigenvalue weighted by molar-refractivity contribution is -0.119. The average molecular weight is 387 g/mol. The van der Waals surface area contributed by atoms with E-state index in [1.807, 2.05) is 0 Å². The van der Waals surface area contributed by atoms with Gasteiger partial charge in [0.05, 0.1) is 26.3 Å². The number of amides is 1. The van der Waals surface area contributed by atoms with Crippen molar-refractivity contribution in [2.75, 3.05) is 11.9 Å². The molecule has 0 heterocycles. The van der Waals surface area contributed by atoms with Gasteiger partial charge >= 0.3 is 5.97 Å². The van der Waals surface area contributed by atoms with E-state index >= 15 is 0 Å². The maximum Gasteiger partial charge on any atom is 0.338 e. The summed E-state index contributed by atoms with van der Waals surface area (Å²) in [5.41, 5.74) is 0.905. The molecule has 0 bridgehead atoms. The zero-order valence-electron chi connectivity index (χ0n) is 12.0. The molecule has 0 fully saturated rings. The number of nitrogens with one attached hydrogen (secondary N) is 1. The van der Waals surface area contributed by atoms with Gasteiger partial charge in [0.15, 0.2) is 6.61 Å². The second-order valence-corrected chi connectivity index (χ2v) is 5.83. The molecule has 1 N–H and O–H groups in total. The van der Waals surface area contributed by atoms with Crippen LogP contribution in [0.1, 0.15) is 20.7 Å². The summed E-state index contributed by atoms with van der Waals surface area (Å²) in [6.07, 6.45) is 0.656. The van der Waals surface area contributed by atoms with Crippen molar-refractivity contribution in [1.82, 2.24) is 0 Å². The van der Waals surface area contributed by atoms with Crippen molar-refractivity contribution in [3.05, 3.63) is 62.6 Å². The molecular weight excluding hydrogens is 377 g/mol. The van der Waals surface area contributed by atoms with Gasteiger partial charge in [-0.3, -0.25) is 9.59 Å². The number of carbonyl (C=O) groups excluding carboxylic acids is 3. The van der Waals surface area contributed by atoms with Gasteiger partial charge in [-0.1, -0.05) is 46.9 Å². The highest BCUT2D eigenvalue weighted by Gasteiger charge is 2.13. The summed E-state index contributed by atoms with van der Waals surface area (Å²) < 4.78 is 4.89. The van der Waals surface area contributed by atoms with Crippen LogP contribution in [-0.2, 0) is 9.53 Å². The SMILES string of the molecule is O=Cc1ccc(C(=O)OCC(=O)Nc2cc(Cl)c(Cl)cc2Cl)cc1. The quantitative estimate of drug-likeness (QED) is 0.473. The smallest absolute Gasteiger partial charge is 0.338 e. The van der Waals surface area contributed by atoms with Crippen molar-refractivity contribution in [3.63, 3.8) is 0 Å². The number of carbonyl (C=O) groups is 3. The first-order valence-electron chi connectivity index (χ1n) is 6.57. The number of esters is 1. The van der Waals surface area contributed by atoms with Crippen LogP contribution in [0.4, 0.5) is 5.69 Å². The van der Waals surface area contributed by atoms with E-state index in [0.29, 0.717) is 11.8 Å². The van der Waals surface area contributed by atoms with Gasteiger partial charge in [-0.05, 0) is 24.3 Å². The van der Waals surface area contributed by atoms with Crippen molar-refractivity contribution in [3.8, 4) is 0 Å². The predicted octanol–water partition coefficient (Wildman–Crippen LogP) is 4.25. The topological polar surface area (TPSA) is 72.5 Å². The van der Waals surface area contributed by atoms with Gasteiger partial charge in [-0.15, -0.1) is 0 Å². The molecule has 0 aliphatic carbocycles. The molecule has 0 unspecified atom stereocenters. The lowest BCUT2D eigenvalue weighted by atomic mass is 10.1. The molecule has 0 saturated heterocycles. The first-order valence-corrected chi connectivity index (χ1v) is 7.71. The van der Waals surface area contributed by atoms with E-state index in [-0.39, 0.29) is 26.3 Å². The Balaban J connectivity index is 1.94. The zero-order valence-corrected chi connectivity index (χ0v) is 14.3. The maximum absolute atomic E-state index is 11.8. The Morgan fingerprint density at radius 2 is 1.62 bits per heavy atom. The third-order valence-electron chi connectivity index (χ3n) is 2.90. The number of benzene rings is 2. The molecule has 1 amide bonds. The van der Waals surface area contributed by atoms with Crippen LogP contribution in [-0.4, -0.2) is 24.8 Å². The molecule has 8 heteroatoms. The van der Waals surface area contributed by atoms with Crippen molar-refractivity contribution < 1.29 is 19.1 Å². The van der Waals surface area contributed by atoms with Crippen molar-refractivity contribution in [2.45, 2.75) is 0 Å². The Morgan fingerprint density at radius 1 is 1.00 bits per heavy atom. The summed E-state index contributed by atoms with van der Waals surface area (Å²) >= 11 is 17.6. The first-order chi connectivity index (χ1) is 11.4. The molecule has 0 atom stereocenters. The van der Waals surface area contributed by atoms with E-state index in [2.05, 4.69) is 5.32 Å². The Kier molecular flexibility index (Phi) is 6.20. The molecule has 2 aromatic carbocycles. The molecule has 24 heavy (non-hydrogen) atoms. The van der Waals surface area contributed by atoms with E-state index in [9.17, 15) is 14.4 Å². The Labute approximate surface area is 152 Å². The Morgan fingerprint density at radius 3 is 2.25 bits per heavy atom. The highest BCUT2D eigenvalue weighted by molar-refractivity contribution is 6.44. The van der Waals surface area contributed by atoms with Crippen LogP contribution in [0.5, 0.6) is 0 Å².